The average Bonchev–Trinajstić information content (AvgIpc) is 3.18. The zero-order valence-electron chi connectivity index (χ0n) is 31.7. The van der Waals surface area contributed by atoms with Gasteiger partial charge in [-0.3, -0.25) is 49.2 Å². The lowest BCUT2D eigenvalue weighted by molar-refractivity contribution is -0.166. The normalized spacial score (nSPS) is 10.8. The van der Waals surface area contributed by atoms with Gasteiger partial charge in [-0.15, -0.1) is 0 Å². The second-order valence-corrected chi connectivity index (χ2v) is 12.8. The Morgan fingerprint density at radius 1 is 0.474 bits per heavy atom. The van der Waals surface area contributed by atoms with Crippen molar-refractivity contribution in [2.45, 2.75) is 103 Å². The van der Waals surface area contributed by atoms with Gasteiger partial charge in [0.2, 0.25) is 70.3 Å². The number of amides is 6. The van der Waals surface area contributed by atoms with E-state index in [0.717, 1.165) is 0 Å². The van der Waals surface area contributed by atoms with Gasteiger partial charge >= 0.3 is 5.97 Å². The highest BCUT2D eigenvalue weighted by atomic mass is 19.2. The van der Waals surface area contributed by atoms with Gasteiger partial charge < -0.3 is 20.7 Å². The largest absolute Gasteiger partial charge is 0.420 e. The molecule has 322 valence electrons. The highest BCUT2D eigenvalue weighted by Gasteiger charge is 2.28. The lowest BCUT2D eigenvalue weighted by Crippen LogP contribution is -2.31. The van der Waals surface area contributed by atoms with Crippen LogP contribution in [0, 0.1) is 29.1 Å². The molecule has 1 aromatic carbocycles. The van der Waals surface area contributed by atoms with Crippen molar-refractivity contribution in [2.75, 3.05) is 39.3 Å². The number of hydrogen-bond acceptors (Lipinski definition) is 11. The molecule has 0 aliphatic carbocycles. The topological polar surface area (TPSA) is 235 Å². The lowest BCUT2D eigenvalue weighted by Gasteiger charge is -2.15. The van der Waals surface area contributed by atoms with Crippen LogP contribution in [-0.2, 0) is 33.6 Å². The van der Waals surface area contributed by atoms with E-state index in [0.29, 0.717) is 79.5 Å². The number of hydroxylamine groups is 6. The number of rotatable bonds is 28. The zero-order chi connectivity index (χ0) is 42.9. The van der Waals surface area contributed by atoms with Crippen LogP contribution >= 0.6 is 0 Å². The molecule has 17 nitrogen and oxygen atoms in total. The van der Waals surface area contributed by atoms with Gasteiger partial charge in [-0.1, -0.05) is 0 Å². The van der Waals surface area contributed by atoms with E-state index in [1.807, 2.05) is 0 Å². The third-order valence-corrected chi connectivity index (χ3v) is 8.12. The van der Waals surface area contributed by atoms with Gasteiger partial charge in [-0.2, -0.15) is 8.78 Å². The molecule has 0 fully saturated rings. The number of benzene rings is 1. The van der Waals surface area contributed by atoms with Gasteiger partial charge in [0.05, 0.1) is 6.42 Å². The number of ether oxygens (including phenoxy) is 1. The first kappa shape index (κ1) is 50.1. The molecular formula is C35H51F5N6O11. The molecule has 1 aromatic rings. The minimum atomic E-state index is -2.42. The first-order valence-electron chi connectivity index (χ1n) is 18.4. The van der Waals surface area contributed by atoms with Gasteiger partial charge in [0.1, 0.15) is 0 Å². The lowest BCUT2D eigenvalue weighted by atomic mass is 10.2. The van der Waals surface area contributed by atoms with Crippen molar-refractivity contribution in [3.63, 3.8) is 0 Å². The standard InChI is InChI=1S/C35H51F5N6O11/c1-23(47)44(54)20-8-2-5-17-41-24(48)11-14-27(51)45(55)21-9-3-6-18-42-25(49)12-15-28(52)46(56)22-10-4-7-19-43-26(50)13-16-29(53)57-35-33(39)31(37)30(36)32(38)34(35)40/h54-56H,2-22H2,1H3,(H,41,48)(H,42,49)(H,43,50). The molecule has 0 heterocycles. The number of esters is 1. The fourth-order valence-corrected chi connectivity index (χ4v) is 4.80. The van der Waals surface area contributed by atoms with Crippen LogP contribution in [0.2, 0.25) is 0 Å². The molecule has 0 saturated carbocycles. The SMILES string of the molecule is CC(=O)N(O)CCCCCNC(=O)CCC(=O)N(O)CCCCCNC(=O)CCC(=O)N(O)CCCCCNC(=O)CCC(=O)Oc1c(F)c(F)c(F)c(F)c1F. The summed E-state index contributed by atoms with van der Waals surface area (Å²) in [4.78, 5) is 82.7. The number of halogens is 5. The number of nitrogens with zero attached hydrogens (tertiary/aromatic N) is 3. The van der Waals surface area contributed by atoms with Gasteiger partial charge in [0, 0.05) is 78.3 Å². The van der Waals surface area contributed by atoms with Crippen LogP contribution in [0.1, 0.15) is 103 Å². The molecule has 6 amide bonds. The zero-order valence-corrected chi connectivity index (χ0v) is 31.7. The molecule has 0 atom stereocenters. The van der Waals surface area contributed by atoms with E-state index < -0.39 is 83.2 Å². The first-order chi connectivity index (χ1) is 27.0. The maximum absolute atomic E-state index is 13.6. The second kappa shape index (κ2) is 27.6. The number of nitrogens with one attached hydrogen (secondary N) is 3. The number of carbonyl (C=O) groups is 7. The molecule has 0 bridgehead atoms. The van der Waals surface area contributed by atoms with Crippen molar-refractivity contribution < 1.29 is 75.9 Å². The van der Waals surface area contributed by atoms with E-state index in [4.69, 9.17) is 0 Å². The smallest absolute Gasteiger partial charge is 0.311 e. The molecule has 6 N–H and O–H groups in total. The van der Waals surface area contributed by atoms with Crippen molar-refractivity contribution in [2.24, 2.45) is 0 Å². The van der Waals surface area contributed by atoms with E-state index in [1.165, 1.54) is 6.92 Å². The van der Waals surface area contributed by atoms with Gasteiger partial charge in [0.15, 0.2) is 0 Å². The molecule has 0 aliphatic rings. The summed E-state index contributed by atoms with van der Waals surface area (Å²) >= 11 is 0. The minimum absolute atomic E-state index is 0.0367. The summed E-state index contributed by atoms with van der Waals surface area (Å²) < 4.78 is 71.0. The van der Waals surface area contributed by atoms with Crippen LogP contribution in [0.15, 0.2) is 0 Å². The van der Waals surface area contributed by atoms with Crippen LogP contribution in [-0.4, -0.2) is 111 Å². The molecule has 1 rings (SSSR count). The Bertz CT molecular complexity index is 1500. The summed E-state index contributed by atoms with van der Waals surface area (Å²) in [6, 6.07) is 0. The van der Waals surface area contributed by atoms with Crippen molar-refractivity contribution >= 4 is 41.4 Å². The summed E-state index contributed by atoms with van der Waals surface area (Å²) in [5.41, 5.74) is 0. The van der Waals surface area contributed by atoms with E-state index in [9.17, 15) is 71.1 Å². The Morgan fingerprint density at radius 3 is 1.18 bits per heavy atom. The third-order valence-electron chi connectivity index (χ3n) is 8.12. The van der Waals surface area contributed by atoms with Crippen molar-refractivity contribution in [3.8, 4) is 5.75 Å². The molecule has 22 heteroatoms. The summed E-state index contributed by atoms with van der Waals surface area (Å²) in [5.74, 6) is -18.0. The van der Waals surface area contributed by atoms with Gasteiger partial charge in [-0.05, 0) is 57.8 Å². The minimum Gasteiger partial charge on any atom is -0.420 e. The molecule has 0 aromatic heterocycles. The average molecular weight is 827 g/mol. The Labute approximate surface area is 325 Å². The van der Waals surface area contributed by atoms with E-state index >= 15 is 0 Å². The van der Waals surface area contributed by atoms with Gasteiger partial charge in [0.25, 0.3) is 0 Å². The van der Waals surface area contributed by atoms with Crippen molar-refractivity contribution in [1.82, 2.24) is 31.1 Å². The van der Waals surface area contributed by atoms with Crippen LogP contribution in [0.5, 0.6) is 5.75 Å². The summed E-state index contributed by atoms with van der Waals surface area (Å²) in [6.45, 7) is 2.22. The third kappa shape index (κ3) is 20.7. The molecule has 0 saturated heterocycles. The van der Waals surface area contributed by atoms with E-state index in [1.54, 1.807) is 0 Å². The van der Waals surface area contributed by atoms with Crippen LogP contribution in [0.25, 0.3) is 0 Å². The van der Waals surface area contributed by atoms with E-state index in [-0.39, 0.29) is 64.3 Å². The maximum atomic E-state index is 13.6. The number of hydrogen-bond donors (Lipinski definition) is 6. The highest BCUT2D eigenvalue weighted by Crippen LogP contribution is 2.29. The quantitative estimate of drug-likeness (QED) is 0.0105. The van der Waals surface area contributed by atoms with Crippen molar-refractivity contribution in [1.29, 1.82) is 0 Å². The van der Waals surface area contributed by atoms with Crippen molar-refractivity contribution in [3.05, 3.63) is 29.1 Å². The first-order valence-corrected chi connectivity index (χ1v) is 18.4. The number of unbranched alkanes of at least 4 members (excludes halogenated alkanes) is 6. The highest BCUT2D eigenvalue weighted by molar-refractivity contribution is 5.84. The van der Waals surface area contributed by atoms with E-state index in [2.05, 4.69) is 20.7 Å². The Hall–Kier alpha value is -4.96. The van der Waals surface area contributed by atoms with Crippen LogP contribution in [0.3, 0.4) is 0 Å². The predicted molar refractivity (Wildman–Crippen MR) is 186 cm³/mol. The molecule has 57 heavy (non-hydrogen) atoms. The van der Waals surface area contributed by atoms with Crippen LogP contribution < -0.4 is 20.7 Å². The monoisotopic (exact) mass is 826 g/mol. The Kier molecular flexibility index (Phi) is 24.2. The predicted octanol–water partition coefficient (Wildman–Crippen LogP) is 3.16. The number of carbonyl (C=O) groups excluding carboxylic acids is 7. The van der Waals surface area contributed by atoms with Gasteiger partial charge in [-0.25, -0.2) is 28.4 Å². The van der Waals surface area contributed by atoms with Crippen LogP contribution in [0.4, 0.5) is 22.0 Å². The summed E-state index contributed by atoms with van der Waals surface area (Å²) in [5, 5.41) is 38.5. The molecule has 0 radical (unpaired) electrons. The molecule has 0 unspecified atom stereocenters. The maximum Gasteiger partial charge on any atom is 0.311 e. The fourth-order valence-electron chi connectivity index (χ4n) is 4.80. The molecular weight excluding hydrogens is 775 g/mol. The summed E-state index contributed by atoms with van der Waals surface area (Å²) in [7, 11) is 0. The Balaban J connectivity index is 2.07. The molecule has 0 aliphatic heterocycles. The molecule has 0 spiro atoms. The Morgan fingerprint density at radius 2 is 0.807 bits per heavy atom. The fraction of sp³-hybridized carbons (Fsp3) is 0.629. The second-order valence-electron chi connectivity index (χ2n) is 12.8. The summed E-state index contributed by atoms with van der Waals surface area (Å²) in [6.07, 6.45) is 2.66.